The second-order valence-electron chi connectivity index (χ2n) is 9.35. The third-order valence-corrected chi connectivity index (χ3v) is 8.81. The van der Waals surface area contributed by atoms with Crippen molar-refractivity contribution in [1.29, 1.82) is 0 Å². The number of aromatic nitrogens is 2. The molecule has 6 rings (SSSR count). The van der Waals surface area contributed by atoms with Crippen LogP contribution in [0.3, 0.4) is 0 Å². The van der Waals surface area contributed by atoms with Crippen LogP contribution in [0.15, 0.2) is 142 Å². The Balaban J connectivity index is 0.000000200. The summed E-state index contributed by atoms with van der Waals surface area (Å²) in [6.45, 7) is 0. The summed E-state index contributed by atoms with van der Waals surface area (Å²) in [6, 6.07) is 36.6. The van der Waals surface area contributed by atoms with Gasteiger partial charge in [0.05, 0.1) is 12.4 Å². The standard InChI is InChI=1S/2C17H15N3S2.Zn/c2*21-17(22-12-13-6-2-1-3-7-13)20-19-11-14-10-18-16-9-5-4-8-15(14)16;/h2*1-11,18H,12H2,(H,20,21);/q;;+2/p-2/b2*19-11-;. The van der Waals surface area contributed by atoms with E-state index in [1.54, 1.807) is 12.4 Å². The van der Waals surface area contributed by atoms with Gasteiger partial charge in [-0.25, -0.2) is 0 Å². The molecule has 6 nitrogen and oxygen atoms in total. The van der Waals surface area contributed by atoms with E-state index in [1.165, 1.54) is 34.7 Å². The fourth-order valence-corrected chi connectivity index (χ4v) is 5.80. The Morgan fingerprint density at radius 2 is 0.933 bits per heavy atom. The van der Waals surface area contributed by atoms with E-state index in [0.29, 0.717) is 8.75 Å². The molecule has 11 heteroatoms. The summed E-state index contributed by atoms with van der Waals surface area (Å²) in [7, 11) is 0. The maximum atomic E-state index is 5.22. The molecule has 2 aromatic heterocycles. The van der Waals surface area contributed by atoms with Crippen molar-refractivity contribution in [3.05, 3.63) is 144 Å². The summed E-state index contributed by atoms with van der Waals surface area (Å²) >= 11 is 13.5. The van der Waals surface area contributed by atoms with Gasteiger partial charge in [-0.1, -0.05) is 97.1 Å². The summed E-state index contributed by atoms with van der Waals surface area (Å²) in [6.07, 6.45) is 7.30. The fourth-order valence-electron chi connectivity index (χ4n) is 4.17. The van der Waals surface area contributed by atoms with Gasteiger partial charge in [-0.2, -0.15) is 20.4 Å². The predicted octanol–water partition coefficient (Wildman–Crippen LogP) is 8.67. The molecule has 0 aliphatic carbocycles. The van der Waals surface area contributed by atoms with Gasteiger partial charge in [-0.15, -0.1) is 23.5 Å². The fraction of sp³-hybridized carbons (Fsp3) is 0.0588. The Kier molecular flexibility index (Phi) is 14.0. The van der Waals surface area contributed by atoms with Crippen molar-refractivity contribution in [1.82, 2.24) is 9.97 Å². The first-order valence-corrected chi connectivity index (χ1v) is 16.5. The van der Waals surface area contributed by atoms with Gasteiger partial charge in [0, 0.05) is 56.8 Å². The molecule has 45 heavy (non-hydrogen) atoms. The maximum Gasteiger partial charge on any atom is 2.00 e. The number of para-hydroxylation sites is 2. The number of H-pyrrole nitrogens is 2. The van der Waals surface area contributed by atoms with Gasteiger partial charge >= 0.3 is 19.5 Å². The molecule has 220 valence electrons. The van der Waals surface area contributed by atoms with E-state index in [1.807, 2.05) is 85.2 Å². The van der Waals surface area contributed by atoms with Crippen LogP contribution in [0, 0.1) is 0 Å². The van der Waals surface area contributed by atoms with E-state index in [2.05, 4.69) is 66.8 Å². The summed E-state index contributed by atoms with van der Waals surface area (Å²) in [4.78, 5) is 6.40. The third kappa shape index (κ3) is 10.8. The van der Waals surface area contributed by atoms with Crippen molar-refractivity contribution in [2.45, 2.75) is 11.5 Å². The minimum Gasteiger partial charge on any atom is -0.752 e. The van der Waals surface area contributed by atoms with Gasteiger partial charge in [0.15, 0.2) is 0 Å². The second kappa shape index (κ2) is 18.4. The largest absolute Gasteiger partial charge is 2.00 e. The van der Waals surface area contributed by atoms with Crippen LogP contribution in [0.1, 0.15) is 22.3 Å². The number of aromatic amines is 2. The Hall–Kier alpha value is -3.60. The van der Waals surface area contributed by atoms with E-state index in [-0.39, 0.29) is 19.5 Å². The van der Waals surface area contributed by atoms with Crippen LogP contribution in [-0.2, 0) is 56.2 Å². The summed E-state index contributed by atoms with van der Waals surface area (Å²) in [5, 5.41) is 18.6. The van der Waals surface area contributed by atoms with Crippen LogP contribution in [0.2, 0.25) is 0 Å². The average molecular weight is 714 g/mol. The molecule has 0 radical (unpaired) electrons. The molecule has 4 aromatic carbocycles. The zero-order chi connectivity index (χ0) is 30.4. The Labute approximate surface area is 295 Å². The monoisotopic (exact) mass is 712 g/mol. The molecular weight excluding hydrogens is 686 g/mol. The number of thioether (sulfide) groups is 2. The summed E-state index contributed by atoms with van der Waals surface area (Å²) < 4.78 is 1.08. The Morgan fingerprint density at radius 1 is 0.556 bits per heavy atom. The molecule has 0 aliphatic heterocycles. The van der Waals surface area contributed by atoms with E-state index in [9.17, 15) is 0 Å². The number of hydrogen-bond donors (Lipinski definition) is 2. The molecule has 0 fully saturated rings. The molecule has 0 spiro atoms. The van der Waals surface area contributed by atoms with E-state index >= 15 is 0 Å². The number of nitrogens with one attached hydrogen (secondary N) is 2. The van der Waals surface area contributed by atoms with Gasteiger partial charge in [0.25, 0.3) is 0 Å². The van der Waals surface area contributed by atoms with Crippen LogP contribution in [0.4, 0.5) is 0 Å². The molecule has 0 unspecified atom stereocenters. The normalized spacial score (nSPS) is 12.0. The number of benzene rings is 4. The van der Waals surface area contributed by atoms with Crippen molar-refractivity contribution in [2.75, 3.05) is 0 Å². The van der Waals surface area contributed by atoms with E-state index in [0.717, 1.165) is 44.4 Å². The zero-order valence-electron chi connectivity index (χ0n) is 24.2. The zero-order valence-corrected chi connectivity index (χ0v) is 30.5. The summed E-state index contributed by atoms with van der Waals surface area (Å²) in [5.41, 5.74) is 6.65. The van der Waals surface area contributed by atoms with Gasteiger partial charge < -0.3 is 35.2 Å². The van der Waals surface area contributed by atoms with E-state index < -0.39 is 0 Å². The summed E-state index contributed by atoms with van der Waals surface area (Å²) in [5.74, 6) is 1.62. The smallest absolute Gasteiger partial charge is 0.752 e. The Bertz CT molecular complexity index is 1760. The van der Waals surface area contributed by atoms with Crippen LogP contribution < -0.4 is 0 Å². The quantitative estimate of drug-likeness (QED) is 0.0544. The van der Waals surface area contributed by atoms with Crippen molar-refractivity contribution in [2.24, 2.45) is 20.4 Å². The van der Waals surface area contributed by atoms with Crippen LogP contribution >= 0.6 is 23.5 Å². The molecule has 0 bridgehead atoms. The minimum atomic E-state index is 0. The van der Waals surface area contributed by atoms with Crippen LogP contribution in [-0.4, -0.2) is 31.1 Å². The topological polar surface area (TPSA) is 81.0 Å². The molecule has 6 aromatic rings. The maximum absolute atomic E-state index is 5.22. The van der Waals surface area contributed by atoms with Gasteiger partial charge in [0.2, 0.25) is 0 Å². The van der Waals surface area contributed by atoms with Crippen molar-refractivity contribution < 1.29 is 19.5 Å². The molecule has 0 aliphatic rings. The number of rotatable bonds is 8. The second-order valence-corrected chi connectivity index (χ2v) is 12.6. The first kappa shape index (κ1) is 34.3. The number of fused-ring (bicyclic) bond motifs is 2. The predicted molar refractivity (Wildman–Crippen MR) is 197 cm³/mol. The molecule has 0 atom stereocenters. The first-order chi connectivity index (χ1) is 21.7. The van der Waals surface area contributed by atoms with Gasteiger partial charge in [-0.3, -0.25) is 0 Å². The molecule has 0 saturated carbocycles. The molecule has 2 heterocycles. The number of hydrogen-bond acceptors (Lipinski definition) is 8. The van der Waals surface area contributed by atoms with Crippen molar-refractivity contribution in [3.8, 4) is 0 Å². The molecule has 0 amide bonds. The molecule has 2 N–H and O–H groups in total. The number of nitrogens with zero attached hydrogens (tertiary/aromatic N) is 4. The van der Waals surface area contributed by atoms with E-state index in [4.69, 9.17) is 25.3 Å². The average Bonchev–Trinajstić information content (AvgIpc) is 3.68. The van der Waals surface area contributed by atoms with Crippen LogP contribution in [0.25, 0.3) is 21.8 Å². The molecule has 0 saturated heterocycles. The minimum absolute atomic E-state index is 0. The van der Waals surface area contributed by atoms with Gasteiger partial charge in [0.1, 0.15) is 0 Å². The third-order valence-electron chi connectivity index (χ3n) is 6.33. The van der Waals surface area contributed by atoms with Gasteiger partial charge in [-0.05, 0) is 32.0 Å². The SMILES string of the molecule is [S-]/C(=N\N=C/c1c[nH]c2ccccc12)SCc1ccccc1.[S-]/C(=N\N=C/c1c[nH]c2ccccc12)SCc1ccccc1.[Zn+2]. The Morgan fingerprint density at radius 3 is 1.36 bits per heavy atom. The van der Waals surface area contributed by atoms with Crippen molar-refractivity contribution >= 4 is 91.8 Å². The van der Waals surface area contributed by atoms with Crippen LogP contribution in [0.5, 0.6) is 0 Å². The first-order valence-electron chi connectivity index (χ1n) is 13.7. The van der Waals surface area contributed by atoms with Crippen molar-refractivity contribution in [3.63, 3.8) is 0 Å². The molecular formula is C34H28N6S4Zn.